The van der Waals surface area contributed by atoms with Crippen LogP contribution in [0.3, 0.4) is 0 Å². The lowest BCUT2D eigenvalue weighted by Crippen LogP contribution is -2.16. The third kappa shape index (κ3) is 3.81. The summed E-state index contributed by atoms with van der Waals surface area (Å²) < 4.78 is 53.4. The van der Waals surface area contributed by atoms with Crippen LogP contribution in [0.2, 0.25) is 0 Å². The highest BCUT2D eigenvalue weighted by atomic mass is 79.9. The fourth-order valence-corrected chi connectivity index (χ4v) is 3.36. The maximum Gasteiger partial charge on any atom is 0.237 e. The first kappa shape index (κ1) is 16.4. The van der Waals surface area contributed by atoms with E-state index in [1.165, 1.54) is 30.3 Å². The Morgan fingerprint density at radius 1 is 1.23 bits per heavy atom. The van der Waals surface area contributed by atoms with Crippen LogP contribution in [0, 0.1) is 23.0 Å². The van der Waals surface area contributed by atoms with Crippen molar-refractivity contribution in [3.63, 3.8) is 0 Å². The molecule has 0 saturated heterocycles. The molecule has 0 bridgehead atoms. The molecular weight excluding hydrogens is 378 g/mol. The van der Waals surface area contributed by atoms with Crippen molar-refractivity contribution in [2.24, 2.45) is 0 Å². The number of rotatable bonds is 4. The van der Waals surface area contributed by atoms with Gasteiger partial charge in [0.2, 0.25) is 10.0 Å². The van der Waals surface area contributed by atoms with Gasteiger partial charge in [0, 0.05) is 4.47 Å². The molecule has 22 heavy (non-hydrogen) atoms. The van der Waals surface area contributed by atoms with E-state index in [9.17, 15) is 17.2 Å². The Bertz CT molecular complexity index is 864. The van der Waals surface area contributed by atoms with Crippen molar-refractivity contribution < 1.29 is 17.2 Å². The summed E-state index contributed by atoms with van der Waals surface area (Å²) in [5.74, 6) is -2.05. The minimum absolute atomic E-state index is 0.223. The number of halogens is 3. The monoisotopic (exact) mass is 386 g/mol. The van der Waals surface area contributed by atoms with E-state index < -0.39 is 27.4 Å². The van der Waals surface area contributed by atoms with Gasteiger partial charge in [-0.2, -0.15) is 5.26 Å². The van der Waals surface area contributed by atoms with E-state index in [-0.39, 0.29) is 21.3 Å². The molecule has 8 heteroatoms. The van der Waals surface area contributed by atoms with Gasteiger partial charge in [-0.3, -0.25) is 4.72 Å². The van der Waals surface area contributed by atoms with Crippen molar-refractivity contribution in [1.82, 2.24) is 0 Å². The average Bonchev–Trinajstić information content (AvgIpc) is 2.42. The third-order valence-electron chi connectivity index (χ3n) is 2.71. The number of hydrogen-bond acceptors (Lipinski definition) is 3. The van der Waals surface area contributed by atoms with Gasteiger partial charge >= 0.3 is 0 Å². The lowest BCUT2D eigenvalue weighted by atomic mass is 10.2. The predicted octanol–water partition coefficient (Wildman–Crippen LogP) is 3.54. The van der Waals surface area contributed by atoms with Crippen LogP contribution in [0.5, 0.6) is 0 Å². The first-order valence-electron chi connectivity index (χ1n) is 5.95. The molecule has 2 aromatic carbocycles. The Kier molecular flexibility index (Phi) is 4.78. The summed E-state index contributed by atoms with van der Waals surface area (Å²) in [5, 5.41) is 8.85. The fourth-order valence-electron chi connectivity index (χ4n) is 1.78. The van der Waals surface area contributed by atoms with Crippen LogP contribution in [0.25, 0.3) is 0 Å². The van der Waals surface area contributed by atoms with Crippen LogP contribution >= 0.6 is 15.9 Å². The molecule has 0 atom stereocenters. The largest absolute Gasteiger partial charge is 0.280 e. The summed E-state index contributed by atoms with van der Waals surface area (Å²) in [6.45, 7) is 0. The van der Waals surface area contributed by atoms with Gasteiger partial charge in [-0.25, -0.2) is 17.2 Å². The molecular formula is C14H9BrF2N2O2S. The van der Waals surface area contributed by atoms with Crippen molar-refractivity contribution in [3.8, 4) is 6.07 Å². The molecule has 0 amide bonds. The second-order valence-corrected chi connectivity index (χ2v) is 6.96. The Labute approximate surface area is 134 Å². The molecule has 0 radical (unpaired) electrons. The molecule has 0 aliphatic heterocycles. The van der Waals surface area contributed by atoms with Crippen molar-refractivity contribution in [2.45, 2.75) is 5.75 Å². The van der Waals surface area contributed by atoms with Crippen LogP contribution in [0.4, 0.5) is 14.5 Å². The Morgan fingerprint density at radius 2 is 1.95 bits per heavy atom. The van der Waals surface area contributed by atoms with Gasteiger partial charge < -0.3 is 0 Å². The van der Waals surface area contributed by atoms with Crippen LogP contribution in [-0.4, -0.2) is 8.42 Å². The predicted molar refractivity (Wildman–Crippen MR) is 81.5 cm³/mol. The zero-order chi connectivity index (χ0) is 16.3. The highest BCUT2D eigenvalue weighted by molar-refractivity contribution is 9.10. The van der Waals surface area contributed by atoms with E-state index in [4.69, 9.17) is 5.26 Å². The van der Waals surface area contributed by atoms with E-state index in [1.54, 1.807) is 6.07 Å². The van der Waals surface area contributed by atoms with Gasteiger partial charge in [-0.1, -0.05) is 12.1 Å². The van der Waals surface area contributed by atoms with Crippen LogP contribution in [-0.2, 0) is 15.8 Å². The van der Waals surface area contributed by atoms with Crippen LogP contribution in [0.1, 0.15) is 11.1 Å². The van der Waals surface area contributed by atoms with Gasteiger partial charge in [-0.05, 0) is 45.8 Å². The minimum atomic E-state index is -3.95. The van der Waals surface area contributed by atoms with E-state index in [0.717, 1.165) is 6.07 Å². The quantitative estimate of drug-likeness (QED) is 0.873. The molecule has 114 valence electrons. The Hall–Kier alpha value is -1.98. The lowest BCUT2D eigenvalue weighted by Gasteiger charge is -2.10. The molecule has 0 aliphatic carbocycles. The van der Waals surface area contributed by atoms with Gasteiger partial charge in [0.1, 0.15) is 17.4 Å². The molecule has 4 nitrogen and oxygen atoms in total. The highest BCUT2D eigenvalue weighted by Crippen LogP contribution is 2.26. The van der Waals surface area contributed by atoms with Crippen molar-refractivity contribution in [2.75, 3.05) is 4.72 Å². The molecule has 0 unspecified atom stereocenters. The van der Waals surface area contributed by atoms with Crippen LogP contribution < -0.4 is 4.72 Å². The number of sulfonamides is 1. The number of nitrogens with one attached hydrogen (secondary N) is 1. The maximum absolute atomic E-state index is 14.0. The summed E-state index contributed by atoms with van der Waals surface area (Å²) >= 11 is 3.00. The van der Waals surface area contributed by atoms with E-state index in [2.05, 4.69) is 20.7 Å². The molecule has 2 rings (SSSR count). The molecule has 0 fully saturated rings. The molecule has 0 saturated carbocycles. The van der Waals surface area contributed by atoms with Gasteiger partial charge in [0.15, 0.2) is 5.82 Å². The standard InChI is InChI=1S/C14H9BrF2N2O2S/c15-12-4-5-13(14(17)11(12)7-18)19-22(20,21)8-9-2-1-3-10(16)6-9/h1-6,19H,8H2. The number of hydrogen-bond donors (Lipinski definition) is 1. The number of benzene rings is 2. The zero-order valence-corrected chi connectivity index (χ0v) is 13.4. The van der Waals surface area contributed by atoms with Crippen molar-refractivity contribution in [1.29, 1.82) is 5.26 Å². The second-order valence-electron chi connectivity index (χ2n) is 4.39. The second kappa shape index (κ2) is 6.42. The van der Waals surface area contributed by atoms with Gasteiger partial charge in [0.25, 0.3) is 0 Å². The lowest BCUT2D eigenvalue weighted by molar-refractivity contribution is 0.596. The topological polar surface area (TPSA) is 70.0 Å². The highest BCUT2D eigenvalue weighted by Gasteiger charge is 2.18. The summed E-state index contributed by atoms with van der Waals surface area (Å²) in [4.78, 5) is 0. The van der Waals surface area contributed by atoms with E-state index >= 15 is 0 Å². The van der Waals surface area contributed by atoms with Crippen molar-refractivity contribution in [3.05, 3.63) is 63.6 Å². The third-order valence-corrected chi connectivity index (χ3v) is 4.62. The van der Waals surface area contributed by atoms with E-state index in [1.807, 2.05) is 0 Å². The Balaban J connectivity index is 2.28. The first-order chi connectivity index (χ1) is 10.3. The van der Waals surface area contributed by atoms with Crippen LogP contribution in [0.15, 0.2) is 40.9 Å². The molecule has 0 aromatic heterocycles. The molecule has 0 aliphatic rings. The normalized spacial score (nSPS) is 11.0. The number of nitriles is 1. The maximum atomic E-state index is 14.0. The number of nitrogens with zero attached hydrogens (tertiary/aromatic N) is 1. The molecule has 2 aromatic rings. The SMILES string of the molecule is N#Cc1c(Br)ccc(NS(=O)(=O)Cc2cccc(F)c2)c1F. The molecule has 0 spiro atoms. The summed E-state index contributed by atoms with van der Waals surface area (Å²) in [5.41, 5.74) is -0.410. The smallest absolute Gasteiger partial charge is 0.237 e. The molecule has 0 heterocycles. The zero-order valence-electron chi connectivity index (χ0n) is 11.0. The molecule has 1 N–H and O–H groups in total. The first-order valence-corrected chi connectivity index (χ1v) is 8.40. The average molecular weight is 387 g/mol. The fraction of sp³-hybridized carbons (Fsp3) is 0.0714. The summed E-state index contributed by atoms with van der Waals surface area (Å²) in [7, 11) is -3.95. The Morgan fingerprint density at radius 3 is 2.59 bits per heavy atom. The number of anilines is 1. The van der Waals surface area contributed by atoms with Crippen molar-refractivity contribution >= 4 is 31.6 Å². The minimum Gasteiger partial charge on any atom is -0.280 e. The summed E-state index contributed by atoms with van der Waals surface area (Å²) in [6.07, 6.45) is 0. The van der Waals surface area contributed by atoms with E-state index in [0.29, 0.717) is 0 Å². The summed E-state index contributed by atoms with van der Waals surface area (Å²) in [6, 6.07) is 9.30. The van der Waals surface area contributed by atoms with Gasteiger partial charge in [0.05, 0.1) is 11.4 Å². The van der Waals surface area contributed by atoms with Gasteiger partial charge in [-0.15, -0.1) is 0 Å².